The number of nitrogens with one attached hydrogen (secondary N) is 1. The number of hydrogen-bond acceptors (Lipinski definition) is 8. The molecule has 0 aliphatic carbocycles. The van der Waals surface area contributed by atoms with Gasteiger partial charge < -0.3 is 23.6 Å². The fourth-order valence-electron chi connectivity index (χ4n) is 3.02. The van der Waals surface area contributed by atoms with Gasteiger partial charge >= 0.3 is 13.3 Å². The quantitative estimate of drug-likeness (QED) is 0.503. The molecule has 4 atom stereocenters. The van der Waals surface area contributed by atoms with Crippen molar-refractivity contribution in [3.8, 4) is 0 Å². The molecule has 2 fully saturated rings. The summed E-state index contributed by atoms with van der Waals surface area (Å²) >= 11 is 0. The fourth-order valence-corrected chi connectivity index (χ4v) is 5.35. The second-order valence-corrected chi connectivity index (χ2v) is 7.55. The molecule has 0 aromatic carbocycles. The first-order valence-corrected chi connectivity index (χ1v) is 9.12. The second-order valence-electron chi connectivity index (χ2n) is 5.34. The predicted octanol–water partition coefficient (Wildman–Crippen LogP) is -0.212. The zero-order chi connectivity index (χ0) is 17.5. The van der Waals surface area contributed by atoms with E-state index in [2.05, 4.69) is 4.98 Å². The maximum atomic E-state index is 13.2. The van der Waals surface area contributed by atoms with Crippen LogP contribution < -0.4 is 11.2 Å². The largest absolute Gasteiger partial charge is 0.394 e. The number of epoxide rings is 1. The molecule has 0 bridgehead atoms. The minimum atomic E-state index is -3.75. The Morgan fingerprint density at radius 1 is 1.38 bits per heavy atom. The number of nitrogens with zero attached hydrogens (tertiary/aromatic N) is 1. The molecule has 2 saturated heterocycles. The molecule has 24 heavy (non-hydrogen) atoms. The molecule has 2 N–H and O–H groups in total. The maximum Gasteiger partial charge on any atom is 0.367 e. The van der Waals surface area contributed by atoms with Crippen molar-refractivity contribution in [2.75, 3.05) is 19.8 Å². The summed E-state index contributed by atoms with van der Waals surface area (Å²) in [5, 5.41) is 8.16. The Labute approximate surface area is 136 Å². The average Bonchev–Trinajstić information content (AvgIpc) is 3.20. The molecule has 3 heterocycles. The SMILES string of the molecule is CCOP(=O)(OCC)[C@@]12O[C@@H]1[C@H](n1ccc(=O)[nH]c1=O)O[C@@H]2CO. The van der Waals surface area contributed by atoms with Gasteiger partial charge in [0.15, 0.2) is 6.23 Å². The maximum absolute atomic E-state index is 13.2. The van der Waals surface area contributed by atoms with Gasteiger partial charge in [-0.15, -0.1) is 0 Å². The molecule has 1 aromatic heterocycles. The second kappa shape index (κ2) is 6.21. The van der Waals surface area contributed by atoms with Gasteiger partial charge in [0, 0.05) is 12.3 Å². The van der Waals surface area contributed by atoms with Gasteiger partial charge in [-0.3, -0.25) is 18.9 Å². The summed E-state index contributed by atoms with van der Waals surface area (Å²) in [5.41, 5.74) is -1.25. The third-order valence-electron chi connectivity index (χ3n) is 4.01. The molecule has 0 spiro atoms. The number of rotatable bonds is 7. The molecule has 0 amide bonds. The van der Waals surface area contributed by atoms with Gasteiger partial charge in [-0.1, -0.05) is 0 Å². The van der Waals surface area contributed by atoms with Gasteiger partial charge in [0.2, 0.25) is 5.34 Å². The number of hydrogen-bond donors (Lipinski definition) is 2. The first-order valence-electron chi connectivity index (χ1n) is 7.58. The molecule has 2 aliphatic heterocycles. The number of aliphatic hydroxyl groups is 1. The molecular formula is C13H19N2O8P. The van der Waals surface area contributed by atoms with Crippen molar-refractivity contribution in [2.24, 2.45) is 0 Å². The van der Waals surface area contributed by atoms with E-state index in [0.29, 0.717) is 0 Å². The first kappa shape index (κ1) is 17.5. The lowest BCUT2D eigenvalue weighted by atomic mass is 10.2. The number of aliphatic hydroxyl groups excluding tert-OH is 1. The van der Waals surface area contributed by atoms with Crippen LogP contribution in [0.2, 0.25) is 0 Å². The topological polar surface area (TPSA) is 132 Å². The van der Waals surface area contributed by atoms with Crippen molar-refractivity contribution < 1.29 is 28.2 Å². The van der Waals surface area contributed by atoms with Crippen molar-refractivity contribution in [2.45, 2.75) is 37.6 Å². The van der Waals surface area contributed by atoms with E-state index in [1.165, 1.54) is 6.20 Å². The summed E-state index contributed by atoms with van der Waals surface area (Å²) in [7, 11) is -3.75. The van der Waals surface area contributed by atoms with E-state index >= 15 is 0 Å². The van der Waals surface area contributed by atoms with Gasteiger partial charge in [-0.25, -0.2) is 4.79 Å². The molecule has 0 unspecified atom stereocenters. The number of aromatic amines is 1. The Morgan fingerprint density at radius 3 is 2.58 bits per heavy atom. The lowest BCUT2D eigenvalue weighted by molar-refractivity contribution is -0.0945. The Morgan fingerprint density at radius 2 is 2.04 bits per heavy atom. The van der Waals surface area contributed by atoms with Crippen molar-refractivity contribution in [3.05, 3.63) is 33.1 Å². The van der Waals surface area contributed by atoms with Gasteiger partial charge in [-0.05, 0) is 13.8 Å². The highest BCUT2D eigenvalue weighted by atomic mass is 31.2. The summed E-state index contributed by atoms with van der Waals surface area (Å²) in [6, 6.07) is 1.16. The number of H-pyrrole nitrogens is 1. The van der Waals surface area contributed by atoms with Crippen LogP contribution in [0.1, 0.15) is 20.1 Å². The normalized spacial score (nSPS) is 31.9. The van der Waals surface area contributed by atoms with Gasteiger partial charge in [0.05, 0.1) is 19.8 Å². The lowest BCUT2D eigenvalue weighted by Crippen LogP contribution is -2.35. The summed E-state index contributed by atoms with van der Waals surface area (Å²) in [6.45, 7) is 3.07. The minimum absolute atomic E-state index is 0.122. The highest BCUT2D eigenvalue weighted by Crippen LogP contribution is 2.76. The van der Waals surface area contributed by atoms with Crippen LogP contribution in [0.5, 0.6) is 0 Å². The molecule has 0 saturated carbocycles. The smallest absolute Gasteiger partial charge is 0.367 e. The number of fused-ring (bicyclic) bond motifs is 1. The monoisotopic (exact) mass is 362 g/mol. The van der Waals surface area contributed by atoms with E-state index < -0.39 is 49.2 Å². The highest BCUT2D eigenvalue weighted by molar-refractivity contribution is 7.56. The zero-order valence-electron chi connectivity index (χ0n) is 13.2. The van der Waals surface area contributed by atoms with E-state index in [1.807, 2.05) is 0 Å². The van der Waals surface area contributed by atoms with Crippen LogP contribution in [0.4, 0.5) is 0 Å². The molecule has 10 nitrogen and oxygen atoms in total. The standard InChI is InChI=1S/C13H19N2O8P/c1-3-20-24(19,21-4-2)13-8(7-16)22-11(10(13)23-13)15-6-5-9(17)14-12(15)18/h5-6,8,10-11,16H,3-4,7H2,1-2H3,(H,14,17,18)/t8-,10-,11-,13-/m1/s1. The predicted molar refractivity (Wildman–Crippen MR) is 80.8 cm³/mol. The van der Waals surface area contributed by atoms with Gasteiger partial charge in [0.25, 0.3) is 5.56 Å². The van der Waals surface area contributed by atoms with E-state index in [4.69, 9.17) is 18.5 Å². The van der Waals surface area contributed by atoms with E-state index in [0.717, 1.165) is 10.6 Å². The molecule has 0 radical (unpaired) electrons. The fraction of sp³-hybridized carbons (Fsp3) is 0.692. The minimum Gasteiger partial charge on any atom is -0.394 e. The van der Waals surface area contributed by atoms with E-state index in [-0.39, 0.29) is 13.2 Å². The molecule has 1 aromatic rings. The van der Waals surface area contributed by atoms with Crippen LogP contribution in [-0.4, -0.2) is 52.0 Å². The summed E-state index contributed by atoms with van der Waals surface area (Å²) in [5.74, 6) is 0. The van der Waals surface area contributed by atoms with Crippen molar-refractivity contribution >= 4 is 7.60 Å². The van der Waals surface area contributed by atoms with Gasteiger partial charge in [-0.2, -0.15) is 0 Å². The van der Waals surface area contributed by atoms with Crippen LogP contribution in [0.25, 0.3) is 0 Å². The Balaban J connectivity index is 1.99. The lowest BCUT2D eigenvalue weighted by Gasteiger charge is -2.26. The molecular weight excluding hydrogens is 343 g/mol. The van der Waals surface area contributed by atoms with E-state index in [9.17, 15) is 19.3 Å². The summed E-state index contributed by atoms with van der Waals surface area (Å²) in [4.78, 5) is 25.3. The number of aromatic nitrogens is 2. The Bertz CT molecular complexity index is 766. The average molecular weight is 362 g/mol. The van der Waals surface area contributed by atoms with Crippen LogP contribution in [0, 0.1) is 0 Å². The summed E-state index contributed by atoms with van der Waals surface area (Å²) < 4.78 is 36.2. The Hall–Kier alpha value is -1.29. The Kier molecular flexibility index (Phi) is 4.54. The molecule has 2 aliphatic rings. The van der Waals surface area contributed by atoms with Crippen LogP contribution in [0.15, 0.2) is 21.9 Å². The van der Waals surface area contributed by atoms with Crippen LogP contribution >= 0.6 is 7.60 Å². The first-order chi connectivity index (χ1) is 11.4. The van der Waals surface area contributed by atoms with Crippen molar-refractivity contribution in [1.82, 2.24) is 9.55 Å². The van der Waals surface area contributed by atoms with Crippen molar-refractivity contribution in [1.29, 1.82) is 0 Å². The third-order valence-corrected chi connectivity index (χ3v) is 6.71. The third kappa shape index (κ3) is 2.42. The molecule has 11 heteroatoms. The summed E-state index contributed by atoms with van der Waals surface area (Å²) in [6.07, 6.45) is -1.50. The molecule has 3 rings (SSSR count). The van der Waals surface area contributed by atoms with Crippen LogP contribution in [0.3, 0.4) is 0 Å². The van der Waals surface area contributed by atoms with Crippen molar-refractivity contribution in [3.63, 3.8) is 0 Å². The number of ether oxygens (including phenoxy) is 2. The zero-order valence-corrected chi connectivity index (χ0v) is 14.1. The van der Waals surface area contributed by atoms with E-state index in [1.54, 1.807) is 13.8 Å². The highest BCUT2D eigenvalue weighted by Gasteiger charge is 2.82. The van der Waals surface area contributed by atoms with Crippen LogP contribution in [-0.2, 0) is 23.1 Å². The van der Waals surface area contributed by atoms with Gasteiger partial charge in [0.1, 0.15) is 12.2 Å². The molecule has 134 valence electrons.